The van der Waals surface area contributed by atoms with Crippen LogP contribution in [0.3, 0.4) is 0 Å². The van der Waals surface area contributed by atoms with Crippen LogP contribution in [0, 0.1) is 0 Å². The van der Waals surface area contributed by atoms with Crippen molar-refractivity contribution in [1.29, 1.82) is 0 Å². The molecule has 3 heteroatoms. The van der Waals surface area contributed by atoms with E-state index in [9.17, 15) is 9.18 Å². The smallest absolute Gasteiger partial charge is 0.302 e. The van der Waals surface area contributed by atoms with E-state index in [2.05, 4.69) is 0 Å². The van der Waals surface area contributed by atoms with Crippen molar-refractivity contribution in [1.82, 2.24) is 0 Å². The highest BCUT2D eigenvalue weighted by atomic mass is 19.1. The summed E-state index contributed by atoms with van der Waals surface area (Å²) in [6, 6.07) is 0. The van der Waals surface area contributed by atoms with E-state index in [4.69, 9.17) is 4.74 Å². The van der Waals surface area contributed by atoms with E-state index in [0.29, 0.717) is 13.0 Å². The van der Waals surface area contributed by atoms with Crippen LogP contribution in [0.5, 0.6) is 0 Å². The number of rotatable bonds is 7. The Bertz CT molecular complexity index is 115. The fourth-order valence-corrected chi connectivity index (χ4v) is 0.943. The molecule has 72 valence electrons. The monoisotopic (exact) mass is 176 g/mol. The molecule has 0 aliphatic carbocycles. The van der Waals surface area contributed by atoms with E-state index < -0.39 is 0 Å². The molecule has 0 aliphatic heterocycles. The van der Waals surface area contributed by atoms with Crippen LogP contribution in [-0.4, -0.2) is 19.3 Å². The Labute approximate surface area is 73.1 Å². The predicted octanol–water partition coefficient (Wildman–Crippen LogP) is 2.47. The largest absolute Gasteiger partial charge is 0.466 e. The van der Waals surface area contributed by atoms with Crippen molar-refractivity contribution in [3.05, 3.63) is 0 Å². The molecule has 0 saturated heterocycles. The molecule has 0 rings (SSSR count). The van der Waals surface area contributed by atoms with E-state index in [1.54, 1.807) is 0 Å². The van der Waals surface area contributed by atoms with Gasteiger partial charge in [0.1, 0.15) is 0 Å². The molecule has 0 fully saturated rings. The zero-order valence-corrected chi connectivity index (χ0v) is 7.64. The summed E-state index contributed by atoms with van der Waals surface area (Å²) in [5.74, 6) is -0.223. The first-order valence-electron chi connectivity index (χ1n) is 4.46. The molecule has 0 spiro atoms. The van der Waals surface area contributed by atoms with Crippen molar-refractivity contribution < 1.29 is 13.9 Å². The summed E-state index contributed by atoms with van der Waals surface area (Å²) < 4.78 is 16.3. The lowest BCUT2D eigenvalue weighted by Crippen LogP contribution is -2.00. The molecule has 2 nitrogen and oxygen atoms in total. The highest BCUT2D eigenvalue weighted by Gasteiger charge is 1.93. The maximum atomic E-state index is 11.6. The highest BCUT2D eigenvalue weighted by molar-refractivity contribution is 5.65. The first-order valence-corrected chi connectivity index (χ1v) is 4.46. The molecule has 0 bridgehead atoms. The summed E-state index contributed by atoms with van der Waals surface area (Å²) >= 11 is 0. The Balaban J connectivity index is 2.86. The number of alkyl halides is 1. The van der Waals surface area contributed by atoms with Crippen molar-refractivity contribution >= 4 is 5.97 Å². The lowest BCUT2D eigenvalue weighted by Gasteiger charge is -2.00. The lowest BCUT2D eigenvalue weighted by molar-refractivity contribution is -0.141. The summed E-state index contributed by atoms with van der Waals surface area (Å²) in [7, 11) is 0. The summed E-state index contributed by atoms with van der Waals surface area (Å²) in [6.07, 6.45) is 4.55. The molecule has 12 heavy (non-hydrogen) atoms. The molecular formula is C9H17FO2. The van der Waals surface area contributed by atoms with Gasteiger partial charge in [0.05, 0.1) is 13.3 Å². The molecule has 0 heterocycles. The van der Waals surface area contributed by atoms with Crippen LogP contribution in [0.1, 0.15) is 39.0 Å². The quantitative estimate of drug-likeness (QED) is 0.440. The summed E-state index contributed by atoms with van der Waals surface area (Å²) in [5, 5.41) is 0. The van der Waals surface area contributed by atoms with Gasteiger partial charge in [-0.05, 0) is 12.8 Å². The molecule has 0 aromatic heterocycles. The van der Waals surface area contributed by atoms with Gasteiger partial charge in [0.2, 0.25) is 0 Å². The normalized spacial score (nSPS) is 9.83. The topological polar surface area (TPSA) is 26.3 Å². The van der Waals surface area contributed by atoms with Crippen molar-refractivity contribution in [2.45, 2.75) is 39.0 Å². The second-order valence-corrected chi connectivity index (χ2v) is 2.80. The molecule has 0 aliphatic rings. The van der Waals surface area contributed by atoms with Crippen LogP contribution in [0.2, 0.25) is 0 Å². The number of halogens is 1. The van der Waals surface area contributed by atoms with Gasteiger partial charge in [-0.3, -0.25) is 9.18 Å². The predicted molar refractivity (Wildman–Crippen MR) is 45.7 cm³/mol. The molecule has 0 radical (unpaired) electrons. The number of esters is 1. The minimum Gasteiger partial charge on any atom is -0.466 e. The Morgan fingerprint density at radius 2 is 1.75 bits per heavy atom. The van der Waals surface area contributed by atoms with Crippen molar-refractivity contribution in [3.8, 4) is 0 Å². The molecule has 0 amide bonds. The van der Waals surface area contributed by atoms with Crippen LogP contribution in [-0.2, 0) is 9.53 Å². The van der Waals surface area contributed by atoms with Crippen LogP contribution in [0.4, 0.5) is 4.39 Å². The maximum Gasteiger partial charge on any atom is 0.302 e. The highest BCUT2D eigenvalue weighted by Crippen LogP contribution is 2.03. The van der Waals surface area contributed by atoms with Crippen molar-refractivity contribution in [3.63, 3.8) is 0 Å². The Morgan fingerprint density at radius 3 is 2.33 bits per heavy atom. The van der Waals surface area contributed by atoms with E-state index in [1.165, 1.54) is 6.92 Å². The minimum atomic E-state index is -0.223. The molecular weight excluding hydrogens is 159 g/mol. The zero-order chi connectivity index (χ0) is 9.23. The average molecular weight is 176 g/mol. The minimum absolute atomic E-state index is 0.218. The van der Waals surface area contributed by atoms with Crippen LogP contribution >= 0.6 is 0 Å². The third-order valence-electron chi connectivity index (χ3n) is 1.58. The lowest BCUT2D eigenvalue weighted by atomic mass is 10.2. The summed E-state index contributed by atoms with van der Waals surface area (Å²) in [5.41, 5.74) is 0. The summed E-state index contributed by atoms with van der Waals surface area (Å²) in [6.45, 7) is 1.69. The summed E-state index contributed by atoms with van der Waals surface area (Å²) in [4.78, 5) is 10.3. The van der Waals surface area contributed by atoms with Gasteiger partial charge in [-0.25, -0.2) is 0 Å². The molecule has 0 unspecified atom stereocenters. The van der Waals surface area contributed by atoms with Gasteiger partial charge in [-0.1, -0.05) is 19.3 Å². The van der Waals surface area contributed by atoms with Gasteiger partial charge in [-0.15, -0.1) is 0 Å². The molecule has 0 saturated carbocycles. The van der Waals surface area contributed by atoms with Crippen LogP contribution in [0.15, 0.2) is 0 Å². The van der Waals surface area contributed by atoms with Crippen LogP contribution in [0.25, 0.3) is 0 Å². The standard InChI is InChI=1S/C9H17FO2/c1-9(11)12-8-6-4-2-3-5-7-10/h2-8H2,1H3. The fraction of sp³-hybridized carbons (Fsp3) is 0.889. The number of carbonyl (C=O) groups is 1. The Kier molecular flexibility index (Phi) is 8.07. The van der Waals surface area contributed by atoms with Crippen molar-refractivity contribution in [2.75, 3.05) is 13.3 Å². The number of carbonyl (C=O) groups excluding carboxylic acids is 1. The third kappa shape index (κ3) is 9.40. The van der Waals surface area contributed by atoms with Crippen LogP contribution < -0.4 is 0 Å². The third-order valence-corrected chi connectivity index (χ3v) is 1.58. The van der Waals surface area contributed by atoms with Gasteiger partial charge >= 0.3 is 5.97 Å². The van der Waals surface area contributed by atoms with Gasteiger partial charge in [-0.2, -0.15) is 0 Å². The van der Waals surface area contributed by atoms with Gasteiger partial charge in [0, 0.05) is 6.92 Å². The molecule has 0 aromatic rings. The second kappa shape index (κ2) is 8.50. The van der Waals surface area contributed by atoms with E-state index in [1.807, 2.05) is 0 Å². The van der Waals surface area contributed by atoms with E-state index in [-0.39, 0.29) is 12.6 Å². The SMILES string of the molecule is CC(=O)OCCCCCCCF. The first kappa shape index (κ1) is 11.4. The Hall–Kier alpha value is -0.600. The maximum absolute atomic E-state index is 11.6. The van der Waals surface area contributed by atoms with E-state index in [0.717, 1.165) is 25.7 Å². The number of hydrogen-bond donors (Lipinski definition) is 0. The molecule has 0 N–H and O–H groups in total. The van der Waals surface area contributed by atoms with Gasteiger partial charge in [0.25, 0.3) is 0 Å². The average Bonchev–Trinajstić information content (AvgIpc) is 2.02. The van der Waals surface area contributed by atoms with Gasteiger partial charge in [0.15, 0.2) is 0 Å². The fourth-order valence-electron chi connectivity index (χ4n) is 0.943. The molecule has 0 atom stereocenters. The number of unbranched alkanes of at least 4 members (excludes halogenated alkanes) is 4. The van der Waals surface area contributed by atoms with Crippen molar-refractivity contribution in [2.24, 2.45) is 0 Å². The first-order chi connectivity index (χ1) is 5.77. The number of hydrogen-bond acceptors (Lipinski definition) is 2. The Morgan fingerprint density at radius 1 is 1.17 bits per heavy atom. The number of ether oxygens (including phenoxy) is 1. The van der Waals surface area contributed by atoms with E-state index >= 15 is 0 Å². The zero-order valence-electron chi connectivity index (χ0n) is 7.64. The van der Waals surface area contributed by atoms with Gasteiger partial charge < -0.3 is 4.74 Å². The molecule has 0 aromatic carbocycles. The second-order valence-electron chi connectivity index (χ2n) is 2.80.